The van der Waals surface area contributed by atoms with Crippen molar-refractivity contribution in [3.8, 4) is 5.75 Å². The first-order valence-electron chi connectivity index (χ1n) is 8.01. The average molecular weight is 385 g/mol. The maximum absolute atomic E-state index is 12.3. The molecule has 0 aliphatic carbocycles. The molecule has 1 amide bonds. The molecule has 0 saturated carbocycles. The van der Waals surface area contributed by atoms with Crippen LogP contribution in [-0.2, 0) is 18.9 Å². The van der Waals surface area contributed by atoms with E-state index in [2.05, 4.69) is 10.3 Å². The quantitative estimate of drug-likeness (QED) is 0.500. The summed E-state index contributed by atoms with van der Waals surface area (Å²) in [6, 6.07) is 6.85. The van der Waals surface area contributed by atoms with Gasteiger partial charge in [-0.2, -0.15) is 0 Å². The molecule has 2 heterocycles. The highest BCUT2D eigenvalue weighted by Gasteiger charge is 2.12. The van der Waals surface area contributed by atoms with Crippen LogP contribution in [0.4, 0.5) is 11.4 Å². The first-order chi connectivity index (χ1) is 13.3. The molecule has 11 nitrogen and oxygen atoms in total. The van der Waals surface area contributed by atoms with Crippen molar-refractivity contribution in [2.75, 3.05) is 11.9 Å². The number of non-ortho nitro benzene ring substituents is 1. The van der Waals surface area contributed by atoms with Gasteiger partial charge in [0.05, 0.1) is 28.3 Å². The summed E-state index contributed by atoms with van der Waals surface area (Å²) in [5, 5.41) is 13.4. The number of carbonyl (C=O) groups is 1. The number of rotatable bonds is 5. The Kier molecular flexibility index (Phi) is 4.90. The molecule has 0 bridgehead atoms. The van der Waals surface area contributed by atoms with E-state index in [0.29, 0.717) is 0 Å². The van der Waals surface area contributed by atoms with E-state index in [9.17, 15) is 24.5 Å². The Hall–Kier alpha value is -4.02. The summed E-state index contributed by atoms with van der Waals surface area (Å²) in [5.41, 5.74) is -0.755. The first kappa shape index (κ1) is 18.8. The topological polar surface area (TPSA) is 138 Å². The van der Waals surface area contributed by atoms with E-state index in [4.69, 9.17) is 4.74 Å². The summed E-state index contributed by atoms with van der Waals surface area (Å²) in [5.74, 6) is -0.376. The van der Waals surface area contributed by atoms with Gasteiger partial charge in [-0.3, -0.25) is 28.8 Å². The van der Waals surface area contributed by atoms with Crippen molar-refractivity contribution in [2.45, 2.75) is 0 Å². The maximum Gasteiger partial charge on any atom is 0.332 e. The Labute approximate surface area is 157 Å². The van der Waals surface area contributed by atoms with Gasteiger partial charge in [0.2, 0.25) is 0 Å². The van der Waals surface area contributed by atoms with Crippen molar-refractivity contribution in [2.24, 2.45) is 14.1 Å². The molecule has 0 aliphatic rings. The zero-order chi connectivity index (χ0) is 20.4. The Morgan fingerprint density at radius 3 is 2.71 bits per heavy atom. The number of aromatic nitrogens is 3. The van der Waals surface area contributed by atoms with Crippen LogP contribution >= 0.6 is 0 Å². The lowest BCUT2D eigenvalue weighted by Gasteiger charge is -2.10. The average Bonchev–Trinajstić information content (AvgIpc) is 2.69. The number of hydrogen-bond acceptors (Lipinski definition) is 7. The Bertz CT molecular complexity index is 1210. The molecule has 1 aromatic carbocycles. The number of hydrogen-bond donors (Lipinski definition) is 1. The largest absolute Gasteiger partial charge is 0.484 e. The Balaban J connectivity index is 1.76. The first-order valence-corrected chi connectivity index (χ1v) is 8.01. The molecule has 0 unspecified atom stereocenters. The molecule has 0 spiro atoms. The van der Waals surface area contributed by atoms with Crippen LogP contribution < -0.4 is 21.3 Å². The molecule has 144 valence electrons. The van der Waals surface area contributed by atoms with Gasteiger partial charge in [0.25, 0.3) is 17.2 Å². The van der Waals surface area contributed by atoms with Gasteiger partial charge in [-0.05, 0) is 12.1 Å². The lowest BCUT2D eigenvalue weighted by molar-refractivity contribution is -0.384. The van der Waals surface area contributed by atoms with Gasteiger partial charge in [0, 0.05) is 20.2 Å². The highest BCUT2D eigenvalue weighted by atomic mass is 16.6. The number of benzene rings is 1. The van der Waals surface area contributed by atoms with E-state index < -0.39 is 28.7 Å². The second-order valence-corrected chi connectivity index (χ2v) is 5.89. The van der Waals surface area contributed by atoms with E-state index in [-0.39, 0.29) is 28.2 Å². The minimum absolute atomic E-state index is 0.155. The van der Waals surface area contributed by atoms with Crippen LogP contribution in [0.1, 0.15) is 0 Å². The van der Waals surface area contributed by atoms with Gasteiger partial charge in [-0.1, -0.05) is 6.07 Å². The van der Waals surface area contributed by atoms with Gasteiger partial charge in [0.15, 0.2) is 6.61 Å². The zero-order valence-electron chi connectivity index (χ0n) is 14.9. The number of nitro benzene ring substituents is 1. The van der Waals surface area contributed by atoms with Crippen molar-refractivity contribution < 1.29 is 14.5 Å². The number of ether oxygens (including phenoxy) is 1. The van der Waals surface area contributed by atoms with Gasteiger partial charge < -0.3 is 10.1 Å². The van der Waals surface area contributed by atoms with Crippen LogP contribution in [0.25, 0.3) is 11.0 Å². The van der Waals surface area contributed by atoms with Crippen molar-refractivity contribution in [1.29, 1.82) is 0 Å². The van der Waals surface area contributed by atoms with Gasteiger partial charge in [-0.25, -0.2) is 9.78 Å². The molecule has 0 atom stereocenters. The molecular formula is C17H15N5O6. The molecule has 0 saturated heterocycles. The Morgan fingerprint density at radius 1 is 1.25 bits per heavy atom. The Morgan fingerprint density at radius 2 is 2.00 bits per heavy atom. The molecule has 28 heavy (non-hydrogen) atoms. The van der Waals surface area contributed by atoms with Crippen LogP contribution in [0.3, 0.4) is 0 Å². The van der Waals surface area contributed by atoms with E-state index in [1.54, 1.807) is 0 Å². The van der Waals surface area contributed by atoms with Gasteiger partial charge in [0.1, 0.15) is 11.4 Å². The minimum Gasteiger partial charge on any atom is -0.484 e. The molecule has 3 aromatic rings. The summed E-state index contributed by atoms with van der Waals surface area (Å²) in [4.78, 5) is 50.5. The fraction of sp³-hybridized carbons (Fsp3) is 0.176. The number of carbonyl (C=O) groups excluding carboxylic acids is 1. The lowest BCUT2D eigenvalue weighted by Crippen LogP contribution is -2.37. The summed E-state index contributed by atoms with van der Waals surface area (Å²) in [6.45, 7) is -0.398. The highest BCUT2D eigenvalue weighted by molar-refractivity contribution is 5.93. The molecule has 0 fully saturated rings. The molecule has 0 aliphatic heterocycles. The van der Waals surface area contributed by atoms with Crippen LogP contribution in [0.5, 0.6) is 5.75 Å². The number of nitro groups is 1. The van der Waals surface area contributed by atoms with Gasteiger partial charge in [-0.15, -0.1) is 0 Å². The monoisotopic (exact) mass is 385 g/mol. The van der Waals surface area contributed by atoms with E-state index >= 15 is 0 Å². The number of nitrogens with one attached hydrogen (secondary N) is 1. The molecule has 1 N–H and O–H groups in total. The summed E-state index contributed by atoms with van der Waals surface area (Å²) in [6.07, 6.45) is 1.31. The molecular weight excluding hydrogens is 370 g/mol. The minimum atomic E-state index is -0.568. The summed E-state index contributed by atoms with van der Waals surface area (Å²) in [7, 11) is 2.84. The molecule has 2 aromatic heterocycles. The van der Waals surface area contributed by atoms with Crippen molar-refractivity contribution in [3.05, 3.63) is 67.5 Å². The van der Waals surface area contributed by atoms with Crippen molar-refractivity contribution >= 4 is 28.3 Å². The number of amides is 1. The number of aryl methyl sites for hydroxylation is 1. The van der Waals surface area contributed by atoms with E-state index in [1.165, 1.54) is 55.2 Å². The third-order valence-electron chi connectivity index (χ3n) is 3.98. The third kappa shape index (κ3) is 3.58. The molecule has 11 heteroatoms. The number of anilines is 1. The van der Waals surface area contributed by atoms with E-state index in [0.717, 1.165) is 4.57 Å². The predicted molar refractivity (Wildman–Crippen MR) is 99.4 cm³/mol. The fourth-order valence-corrected chi connectivity index (χ4v) is 2.57. The van der Waals surface area contributed by atoms with Gasteiger partial charge >= 0.3 is 5.69 Å². The van der Waals surface area contributed by atoms with Crippen molar-refractivity contribution in [3.63, 3.8) is 0 Å². The fourth-order valence-electron chi connectivity index (χ4n) is 2.57. The van der Waals surface area contributed by atoms with E-state index in [1.807, 2.05) is 0 Å². The van der Waals surface area contributed by atoms with Crippen LogP contribution in [0.2, 0.25) is 0 Å². The summed E-state index contributed by atoms with van der Waals surface area (Å²) < 4.78 is 7.42. The van der Waals surface area contributed by atoms with Crippen molar-refractivity contribution in [1.82, 2.24) is 14.1 Å². The SMILES string of the molecule is Cn1c(=O)c2cc(NC(=O)COc3cccc([N+](=O)[O-])c3)cnc2n(C)c1=O. The zero-order valence-corrected chi connectivity index (χ0v) is 14.9. The van der Waals surface area contributed by atoms with Crippen LogP contribution in [0, 0.1) is 10.1 Å². The van der Waals surface area contributed by atoms with Crippen LogP contribution in [0.15, 0.2) is 46.1 Å². The molecule has 0 radical (unpaired) electrons. The summed E-state index contributed by atoms with van der Waals surface area (Å²) >= 11 is 0. The number of fused-ring (bicyclic) bond motifs is 1. The second kappa shape index (κ2) is 7.31. The van der Waals surface area contributed by atoms with Crippen LogP contribution in [-0.4, -0.2) is 31.6 Å². The number of pyridine rings is 1. The lowest BCUT2D eigenvalue weighted by atomic mass is 10.3. The third-order valence-corrected chi connectivity index (χ3v) is 3.98. The normalized spacial score (nSPS) is 10.6. The second-order valence-electron chi connectivity index (χ2n) is 5.89. The molecule has 3 rings (SSSR count). The predicted octanol–water partition coefficient (Wildman–Crippen LogP) is 0.558. The maximum atomic E-state index is 12.3. The smallest absolute Gasteiger partial charge is 0.332 e. The highest BCUT2D eigenvalue weighted by Crippen LogP contribution is 2.19. The number of nitrogens with zero attached hydrogens (tertiary/aromatic N) is 4. The standard InChI is InChI=1S/C17H15N5O6/c1-20-15-13(16(24)21(2)17(20)25)6-10(8-18-15)19-14(23)9-28-12-5-3-4-11(7-12)22(26)27/h3-8H,9H2,1-2H3,(H,19,23).